The normalized spacial score (nSPS) is 12.8. The average Bonchev–Trinajstić information content (AvgIpc) is 3.04. The number of benzene rings is 3. The minimum atomic E-state index is -1.39. The Morgan fingerprint density at radius 1 is 0.636 bits per heavy atom. The third kappa shape index (κ3) is 4.80. The molecule has 0 spiro atoms. The molecule has 3 aromatic carbocycles. The van der Waals surface area contributed by atoms with E-state index in [0.29, 0.717) is 0 Å². The van der Waals surface area contributed by atoms with E-state index in [2.05, 4.69) is 138 Å². The first-order chi connectivity index (χ1) is 15.2. The lowest BCUT2D eigenvalue weighted by Crippen LogP contribution is -2.16. The van der Waals surface area contributed by atoms with Gasteiger partial charge in [0.05, 0.1) is 11.0 Å². The number of hydrogen-bond acceptors (Lipinski definition) is 0. The second-order valence-corrected chi connectivity index (χ2v) is 17.1. The summed E-state index contributed by atoms with van der Waals surface area (Å²) in [4.78, 5) is 0. The fourth-order valence-corrected chi connectivity index (χ4v) is 4.71. The molecule has 0 unspecified atom stereocenters. The highest BCUT2D eigenvalue weighted by atomic mass is 28.3. The summed E-state index contributed by atoms with van der Waals surface area (Å²) in [6, 6.07) is 22.7. The lowest BCUT2D eigenvalue weighted by Gasteiger charge is -2.19. The zero-order valence-electron chi connectivity index (χ0n) is 21.7. The molecule has 0 aliphatic carbocycles. The first-order valence-corrected chi connectivity index (χ1v) is 15.5. The Balaban J connectivity index is 1.96. The molecule has 4 rings (SSSR count). The monoisotopic (exact) mass is 451 g/mol. The average molecular weight is 452 g/mol. The molecule has 0 amide bonds. The quantitative estimate of drug-likeness (QED) is 0.202. The Kier molecular flexibility index (Phi) is 5.62. The molecule has 0 radical (unpaired) electrons. The molecule has 1 aromatic heterocycles. The molecule has 170 valence electrons. The zero-order valence-corrected chi connectivity index (χ0v) is 22.7. The third-order valence-electron chi connectivity index (χ3n) is 6.20. The summed E-state index contributed by atoms with van der Waals surface area (Å²) in [5.74, 6) is 3.38. The minimum absolute atomic E-state index is 0.112. The van der Waals surface area contributed by atoms with E-state index in [9.17, 15) is 0 Å². The van der Waals surface area contributed by atoms with Crippen LogP contribution in [0, 0.1) is 11.5 Å². The fourth-order valence-electron chi connectivity index (χ4n) is 4.19. The van der Waals surface area contributed by atoms with E-state index in [1.807, 2.05) is 0 Å². The first-order valence-electron chi connectivity index (χ1n) is 12.0. The van der Waals surface area contributed by atoms with Crippen LogP contribution < -0.4 is 0 Å². The van der Waals surface area contributed by atoms with Crippen LogP contribution in [-0.4, -0.2) is 12.6 Å². The van der Waals surface area contributed by atoms with Crippen molar-refractivity contribution in [2.45, 2.75) is 72.0 Å². The van der Waals surface area contributed by atoms with E-state index in [4.69, 9.17) is 0 Å². The molecule has 33 heavy (non-hydrogen) atoms. The summed E-state index contributed by atoms with van der Waals surface area (Å²) >= 11 is 0. The van der Waals surface area contributed by atoms with Crippen molar-refractivity contribution in [1.82, 2.24) is 4.57 Å². The van der Waals surface area contributed by atoms with Crippen molar-refractivity contribution in [3.8, 4) is 17.2 Å². The van der Waals surface area contributed by atoms with Crippen molar-refractivity contribution in [2.75, 3.05) is 0 Å². The molecular formula is C31H37NSi. The van der Waals surface area contributed by atoms with Crippen molar-refractivity contribution < 1.29 is 0 Å². The molecule has 0 saturated heterocycles. The predicted octanol–water partition coefficient (Wildman–Crippen LogP) is 8.61. The topological polar surface area (TPSA) is 4.93 Å². The Morgan fingerprint density at radius 2 is 1.09 bits per heavy atom. The molecule has 2 heteroatoms. The maximum Gasteiger partial charge on any atom is 0.129 e. The van der Waals surface area contributed by atoms with Crippen molar-refractivity contribution in [1.29, 1.82) is 0 Å². The van der Waals surface area contributed by atoms with Crippen molar-refractivity contribution in [2.24, 2.45) is 0 Å². The van der Waals surface area contributed by atoms with Gasteiger partial charge < -0.3 is 4.57 Å². The summed E-state index contributed by atoms with van der Waals surface area (Å²) in [6.07, 6.45) is 0. The highest BCUT2D eigenvalue weighted by molar-refractivity contribution is 6.83. The van der Waals surface area contributed by atoms with Gasteiger partial charge in [-0.05, 0) is 70.5 Å². The van der Waals surface area contributed by atoms with Crippen LogP contribution in [-0.2, 0) is 10.8 Å². The Bertz CT molecular complexity index is 1320. The van der Waals surface area contributed by atoms with Crippen LogP contribution in [0.3, 0.4) is 0 Å². The number of fused-ring (bicyclic) bond motifs is 3. The van der Waals surface area contributed by atoms with Gasteiger partial charge in [0.25, 0.3) is 0 Å². The van der Waals surface area contributed by atoms with Crippen LogP contribution in [0.5, 0.6) is 0 Å². The molecule has 1 nitrogen and oxygen atoms in total. The van der Waals surface area contributed by atoms with Gasteiger partial charge in [-0.15, -0.1) is 5.54 Å². The smallest absolute Gasteiger partial charge is 0.129 e. The van der Waals surface area contributed by atoms with Gasteiger partial charge in [0.1, 0.15) is 8.07 Å². The molecule has 0 N–H and O–H groups in total. The molecule has 0 atom stereocenters. The van der Waals surface area contributed by atoms with Gasteiger partial charge in [0.2, 0.25) is 0 Å². The summed E-state index contributed by atoms with van der Waals surface area (Å²) in [6.45, 7) is 20.6. The van der Waals surface area contributed by atoms with E-state index in [1.54, 1.807) is 0 Å². The zero-order chi connectivity index (χ0) is 24.2. The molecule has 0 aliphatic rings. The molecule has 0 bridgehead atoms. The first kappa shape index (κ1) is 23.4. The molecule has 0 fully saturated rings. The number of hydrogen-bond donors (Lipinski definition) is 0. The molecule has 4 aromatic rings. The Hall–Kier alpha value is -2.76. The SMILES string of the molecule is CC(C)(C)c1ccc2c(c1)c1cc(C(C)(C)C)ccc1n2-c1ccc(C#C[Si](C)(C)C)cc1. The summed E-state index contributed by atoms with van der Waals surface area (Å²) < 4.78 is 2.40. The molecule has 0 aliphatic heterocycles. The van der Waals surface area contributed by atoms with Gasteiger partial charge in [0, 0.05) is 22.0 Å². The second-order valence-electron chi connectivity index (χ2n) is 12.3. The van der Waals surface area contributed by atoms with Gasteiger partial charge in [-0.25, -0.2) is 0 Å². The lowest BCUT2D eigenvalue weighted by atomic mass is 9.85. The van der Waals surface area contributed by atoms with E-state index >= 15 is 0 Å². The number of aromatic nitrogens is 1. The van der Waals surface area contributed by atoms with Gasteiger partial charge in [0.15, 0.2) is 0 Å². The van der Waals surface area contributed by atoms with Crippen LogP contribution in [0.15, 0.2) is 60.7 Å². The van der Waals surface area contributed by atoms with Crippen LogP contribution >= 0.6 is 0 Å². The van der Waals surface area contributed by atoms with Crippen LogP contribution in [0.4, 0.5) is 0 Å². The molecular weight excluding hydrogens is 414 g/mol. The van der Waals surface area contributed by atoms with Crippen LogP contribution in [0.25, 0.3) is 27.5 Å². The Morgan fingerprint density at radius 3 is 1.48 bits per heavy atom. The van der Waals surface area contributed by atoms with Gasteiger partial charge in [-0.2, -0.15) is 0 Å². The van der Waals surface area contributed by atoms with Gasteiger partial charge in [-0.1, -0.05) is 79.2 Å². The highest BCUT2D eigenvalue weighted by Crippen LogP contribution is 2.37. The standard InChI is InChI=1S/C31H37NSi/c1-30(2,3)23-12-16-28-26(20-23)27-21-24(31(4,5)6)13-17-29(27)32(28)25-14-10-22(11-15-25)18-19-33(7,8)9/h10-17,20-21H,1-9H3. The maximum atomic E-state index is 3.47. The van der Waals surface area contributed by atoms with Gasteiger partial charge >= 0.3 is 0 Å². The third-order valence-corrected chi connectivity index (χ3v) is 7.08. The van der Waals surface area contributed by atoms with Crippen molar-refractivity contribution in [3.05, 3.63) is 77.4 Å². The maximum absolute atomic E-state index is 3.47. The summed E-state index contributed by atoms with van der Waals surface area (Å²) in [5, 5.41) is 2.65. The van der Waals surface area contributed by atoms with Gasteiger partial charge in [-0.3, -0.25) is 0 Å². The Labute approximate surface area is 200 Å². The summed E-state index contributed by atoms with van der Waals surface area (Å²) in [5.41, 5.74) is 11.2. The van der Waals surface area contributed by atoms with Crippen molar-refractivity contribution >= 4 is 29.9 Å². The van der Waals surface area contributed by atoms with E-state index in [0.717, 1.165) is 5.56 Å². The highest BCUT2D eigenvalue weighted by Gasteiger charge is 2.20. The number of rotatable bonds is 1. The predicted molar refractivity (Wildman–Crippen MR) is 148 cm³/mol. The fraction of sp³-hybridized carbons (Fsp3) is 0.355. The van der Waals surface area contributed by atoms with Crippen LogP contribution in [0.2, 0.25) is 19.6 Å². The van der Waals surface area contributed by atoms with Crippen molar-refractivity contribution in [3.63, 3.8) is 0 Å². The molecule has 0 saturated carbocycles. The number of nitrogens with zero attached hydrogens (tertiary/aromatic N) is 1. The van der Waals surface area contributed by atoms with E-state index in [1.165, 1.54) is 38.6 Å². The van der Waals surface area contributed by atoms with Crippen LogP contribution in [0.1, 0.15) is 58.2 Å². The summed E-state index contributed by atoms with van der Waals surface area (Å²) in [7, 11) is -1.39. The molecule has 1 heterocycles. The van der Waals surface area contributed by atoms with E-state index in [-0.39, 0.29) is 10.8 Å². The minimum Gasteiger partial charge on any atom is -0.309 e. The van der Waals surface area contributed by atoms with E-state index < -0.39 is 8.07 Å². The second kappa shape index (κ2) is 7.92. The lowest BCUT2D eigenvalue weighted by molar-refractivity contribution is 0.590. The largest absolute Gasteiger partial charge is 0.309 e.